The van der Waals surface area contributed by atoms with Crippen LogP contribution in [0.4, 0.5) is 0 Å². The van der Waals surface area contributed by atoms with Crippen molar-refractivity contribution in [3.05, 3.63) is 35.4 Å². The Bertz CT molecular complexity index is 324. The highest BCUT2D eigenvalue weighted by molar-refractivity contribution is 5.22. The highest BCUT2D eigenvalue weighted by atomic mass is 15.1. The van der Waals surface area contributed by atoms with Crippen LogP contribution in [0, 0.1) is 0 Å². The first-order valence-electron chi connectivity index (χ1n) is 8.31. The summed E-state index contributed by atoms with van der Waals surface area (Å²) >= 11 is 0. The Morgan fingerprint density at radius 1 is 0.850 bits per heavy atom. The monoisotopic (exact) mass is 276 g/mol. The normalized spacial score (nSPS) is 11.2. The van der Waals surface area contributed by atoms with Gasteiger partial charge in [0.15, 0.2) is 0 Å². The minimum absolute atomic E-state index is 0.978. The molecule has 2 nitrogen and oxygen atoms in total. The predicted molar refractivity (Wildman–Crippen MR) is 88.9 cm³/mol. The van der Waals surface area contributed by atoms with Crippen LogP contribution in [0.3, 0.4) is 0 Å². The van der Waals surface area contributed by atoms with Crippen molar-refractivity contribution in [3.8, 4) is 0 Å². The molecular formula is C18H32N2. The summed E-state index contributed by atoms with van der Waals surface area (Å²) in [5.41, 5.74) is 2.82. The molecule has 0 bridgehead atoms. The largest absolute Gasteiger partial charge is 0.313 e. The van der Waals surface area contributed by atoms with E-state index in [0.717, 1.165) is 19.6 Å². The zero-order valence-electron chi connectivity index (χ0n) is 13.6. The van der Waals surface area contributed by atoms with Gasteiger partial charge in [0.25, 0.3) is 0 Å². The first-order chi connectivity index (χ1) is 9.80. The number of hydrogen-bond acceptors (Lipinski definition) is 2. The van der Waals surface area contributed by atoms with E-state index in [1.54, 1.807) is 0 Å². The predicted octanol–water partition coefficient (Wildman–Crippen LogP) is 4.20. The van der Waals surface area contributed by atoms with Crippen molar-refractivity contribution in [2.24, 2.45) is 0 Å². The third-order valence-electron chi connectivity index (χ3n) is 3.66. The topological polar surface area (TPSA) is 15.3 Å². The molecule has 0 aliphatic rings. The highest BCUT2D eigenvalue weighted by Crippen LogP contribution is 2.09. The van der Waals surface area contributed by atoms with Gasteiger partial charge in [-0.05, 0) is 43.6 Å². The number of nitrogens with one attached hydrogen (secondary N) is 1. The van der Waals surface area contributed by atoms with E-state index in [9.17, 15) is 0 Å². The number of hydrogen-bond donors (Lipinski definition) is 1. The lowest BCUT2D eigenvalue weighted by molar-refractivity contribution is 0.257. The summed E-state index contributed by atoms with van der Waals surface area (Å²) in [7, 11) is 0. The molecule has 1 aromatic rings. The first kappa shape index (κ1) is 17.2. The number of nitrogens with zero attached hydrogens (tertiary/aromatic N) is 1. The van der Waals surface area contributed by atoms with Crippen LogP contribution >= 0.6 is 0 Å². The molecule has 20 heavy (non-hydrogen) atoms. The molecule has 0 aliphatic heterocycles. The molecule has 2 heteroatoms. The third-order valence-corrected chi connectivity index (χ3v) is 3.66. The Morgan fingerprint density at radius 2 is 1.40 bits per heavy atom. The van der Waals surface area contributed by atoms with Crippen molar-refractivity contribution in [2.45, 2.75) is 59.5 Å². The van der Waals surface area contributed by atoms with Crippen LogP contribution in [0.2, 0.25) is 0 Å². The molecular weight excluding hydrogens is 244 g/mol. The van der Waals surface area contributed by atoms with E-state index in [1.165, 1.54) is 49.9 Å². The maximum atomic E-state index is 3.37. The Morgan fingerprint density at radius 3 is 1.90 bits per heavy atom. The van der Waals surface area contributed by atoms with Crippen molar-refractivity contribution in [1.29, 1.82) is 0 Å². The van der Waals surface area contributed by atoms with Gasteiger partial charge in [-0.1, -0.05) is 57.9 Å². The lowest BCUT2D eigenvalue weighted by atomic mass is 10.1. The van der Waals surface area contributed by atoms with Crippen LogP contribution in [0.15, 0.2) is 24.3 Å². The van der Waals surface area contributed by atoms with Crippen LogP contribution in [0.1, 0.15) is 57.6 Å². The van der Waals surface area contributed by atoms with Gasteiger partial charge < -0.3 is 5.32 Å². The molecule has 1 N–H and O–H groups in total. The van der Waals surface area contributed by atoms with E-state index in [0.29, 0.717) is 0 Å². The summed E-state index contributed by atoms with van der Waals surface area (Å²) < 4.78 is 0. The molecule has 0 aromatic heterocycles. The Kier molecular flexibility index (Phi) is 9.35. The molecule has 0 fully saturated rings. The van der Waals surface area contributed by atoms with E-state index >= 15 is 0 Å². The van der Waals surface area contributed by atoms with Crippen molar-refractivity contribution >= 4 is 0 Å². The fourth-order valence-electron chi connectivity index (χ4n) is 2.32. The second kappa shape index (κ2) is 10.9. The molecule has 0 atom stereocenters. The zero-order chi connectivity index (χ0) is 14.6. The summed E-state index contributed by atoms with van der Waals surface area (Å²) in [6.45, 7) is 12.3. The van der Waals surface area contributed by atoms with Crippen molar-refractivity contribution in [3.63, 3.8) is 0 Å². The number of benzene rings is 1. The van der Waals surface area contributed by atoms with Crippen LogP contribution in [-0.4, -0.2) is 24.5 Å². The molecule has 1 aromatic carbocycles. The fraction of sp³-hybridized carbons (Fsp3) is 0.667. The van der Waals surface area contributed by atoms with E-state index in [1.807, 2.05) is 0 Å². The van der Waals surface area contributed by atoms with E-state index in [-0.39, 0.29) is 0 Å². The molecule has 0 saturated carbocycles. The van der Waals surface area contributed by atoms with Gasteiger partial charge in [0, 0.05) is 13.1 Å². The fourth-order valence-corrected chi connectivity index (χ4v) is 2.32. The number of unbranched alkanes of at least 4 members (excludes halogenated alkanes) is 2. The van der Waals surface area contributed by atoms with Crippen LogP contribution in [0.25, 0.3) is 0 Å². The van der Waals surface area contributed by atoms with E-state index in [2.05, 4.69) is 55.3 Å². The molecule has 0 heterocycles. The van der Waals surface area contributed by atoms with Crippen LogP contribution in [-0.2, 0) is 13.1 Å². The van der Waals surface area contributed by atoms with Gasteiger partial charge in [-0.25, -0.2) is 0 Å². The molecule has 114 valence electrons. The van der Waals surface area contributed by atoms with Crippen molar-refractivity contribution in [2.75, 3.05) is 19.6 Å². The summed E-state index contributed by atoms with van der Waals surface area (Å²) in [5, 5.41) is 3.37. The molecule has 0 saturated heterocycles. The van der Waals surface area contributed by atoms with Gasteiger partial charge in [0.1, 0.15) is 0 Å². The van der Waals surface area contributed by atoms with Crippen molar-refractivity contribution in [1.82, 2.24) is 10.2 Å². The van der Waals surface area contributed by atoms with Crippen LogP contribution < -0.4 is 5.32 Å². The second-order valence-electron chi connectivity index (χ2n) is 5.58. The lowest BCUT2D eigenvalue weighted by Gasteiger charge is -2.22. The summed E-state index contributed by atoms with van der Waals surface area (Å²) in [5.74, 6) is 0. The molecule has 1 rings (SSSR count). The van der Waals surface area contributed by atoms with Gasteiger partial charge in [-0.2, -0.15) is 0 Å². The minimum Gasteiger partial charge on any atom is -0.313 e. The SMILES string of the molecule is CCCCN(CCCC)Cc1ccc(CNCC)cc1. The van der Waals surface area contributed by atoms with Crippen LogP contribution in [0.5, 0.6) is 0 Å². The quantitative estimate of drug-likeness (QED) is 0.651. The van der Waals surface area contributed by atoms with Gasteiger partial charge in [-0.15, -0.1) is 0 Å². The first-order valence-corrected chi connectivity index (χ1v) is 8.31. The lowest BCUT2D eigenvalue weighted by Crippen LogP contribution is -2.25. The Labute approximate surface area is 125 Å². The molecule has 0 aliphatic carbocycles. The third kappa shape index (κ3) is 7.06. The molecule has 0 spiro atoms. The smallest absolute Gasteiger partial charge is 0.0233 e. The summed E-state index contributed by atoms with van der Waals surface area (Å²) in [4.78, 5) is 2.60. The average Bonchev–Trinajstić information content (AvgIpc) is 2.49. The van der Waals surface area contributed by atoms with E-state index < -0.39 is 0 Å². The maximum absolute atomic E-state index is 3.37. The van der Waals surface area contributed by atoms with Crippen molar-refractivity contribution < 1.29 is 0 Å². The second-order valence-corrected chi connectivity index (χ2v) is 5.58. The maximum Gasteiger partial charge on any atom is 0.0233 e. The van der Waals surface area contributed by atoms with Gasteiger partial charge in [0.2, 0.25) is 0 Å². The summed E-state index contributed by atoms with van der Waals surface area (Å²) in [6, 6.07) is 9.10. The van der Waals surface area contributed by atoms with Gasteiger partial charge in [-0.3, -0.25) is 4.90 Å². The van der Waals surface area contributed by atoms with Gasteiger partial charge >= 0.3 is 0 Å². The molecule has 0 amide bonds. The minimum atomic E-state index is 0.978. The molecule has 0 radical (unpaired) electrons. The van der Waals surface area contributed by atoms with Gasteiger partial charge in [0.05, 0.1) is 0 Å². The average molecular weight is 276 g/mol. The molecule has 0 unspecified atom stereocenters. The Balaban J connectivity index is 2.49. The Hall–Kier alpha value is -0.860. The number of rotatable bonds is 11. The zero-order valence-corrected chi connectivity index (χ0v) is 13.6. The van der Waals surface area contributed by atoms with E-state index in [4.69, 9.17) is 0 Å². The standard InChI is InChI=1S/C18H32N2/c1-4-7-13-20(14-8-5-2)16-18-11-9-17(10-12-18)15-19-6-3/h9-12,19H,4-8,13-16H2,1-3H3. The summed E-state index contributed by atoms with van der Waals surface area (Å²) in [6.07, 6.45) is 5.18. The highest BCUT2D eigenvalue weighted by Gasteiger charge is 2.05.